The molecule has 0 amide bonds. The molecule has 7 nitrogen and oxygen atoms in total. The van der Waals surface area contributed by atoms with Gasteiger partial charge in [-0.2, -0.15) is 8.42 Å². The highest BCUT2D eigenvalue weighted by Gasteiger charge is 2.35. The molecule has 0 aliphatic carbocycles. The smallest absolute Gasteiger partial charge is 0.327 e. The molecular formula is C40H70O7S. The average molecular weight is 695 g/mol. The molecule has 0 bridgehead atoms. The van der Waals surface area contributed by atoms with Crippen molar-refractivity contribution in [3.63, 3.8) is 0 Å². The van der Waals surface area contributed by atoms with Crippen LogP contribution in [-0.2, 0) is 29.2 Å². The molecule has 1 unspecified atom stereocenters. The van der Waals surface area contributed by atoms with Crippen molar-refractivity contribution in [2.24, 2.45) is 0 Å². The van der Waals surface area contributed by atoms with E-state index in [1.807, 2.05) is 0 Å². The zero-order valence-corrected chi connectivity index (χ0v) is 31.4. The molecule has 0 aliphatic rings. The predicted molar refractivity (Wildman–Crippen MR) is 201 cm³/mol. The highest BCUT2D eigenvalue weighted by Crippen LogP contribution is 2.13. The number of carbonyl (C=O) groups is 2. The standard InChI is InChI=1S/C40H70O7S/c1-3-5-7-9-11-13-15-17-19-21-23-25-27-29-31-33-35-46-39(41)37-38(48(43,44)45)40(42)47-36-34-32-30-28-26-24-22-20-18-16-14-12-10-8-6-4-2/h11-14,17-20,38H,3-10,15-16,21-37H2,1-2H3,(H,43,44,45)/b13-11-,14-12-,19-17-,20-18-. The molecule has 1 N–H and O–H groups in total. The van der Waals surface area contributed by atoms with Crippen molar-refractivity contribution in [3.05, 3.63) is 48.6 Å². The van der Waals surface area contributed by atoms with Crippen molar-refractivity contribution in [1.29, 1.82) is 0 Å². The van der Waals surface area contributed by atoms with Crippen LogP contribution in [0.15, 0.2) is 48.6 Å². The second-order valence-electron chi connectivity index (χ2n) is 12.8. The van der Waals surface area contributed by atoms with Gasteiger partial charge in [-0.15, -0.1) is 0 Å². The molecular weight excluding hydrogens is 625 g/mol. The van der Waals surface area contributed by atoms with Crippen LogP contribution in [-0.4, -0.2) is 43.4 Å². The van der Waals surface area contributed by atoms with Gasteiger partial charge in [0, 0.05) is 0 Å². The summed E-state index contributed by atoms with van der Waals surface area (Å²) >= 11 is 0. The second kappa shape index (κ2) is 34.7. The molecule has 0 fully saturated rings. The van der Waals surface area contributed by atoms with Gasteiger partial charge in [-0.3, -0.25) is 14.1 Å². The first-order chi connectivity index (χ1) is 23.3. The van der Waals surface area contributed by atoms with Crippen molar-refractivity contribution < 1.29 is 32.0 Å². The van der Waals surface area contributed by atoms with E-state index < -0.39 is 33.7 Å². The van der Waals surface area contributed by atoms with Gasteiger partial charge in [-0.05, 0) is 77.0 Å². The fourth-order valence-electron chi connectivity index (χ4n) is 5.15. The van der Waals surface area contributed by atoms with E-state index in [0.29, 0.717) is 12.8 Å². The van der Waals surface area contributed by atoms with E-state index in [1.165, 1.54) is 51.4 Å². The first kappa shape index (κ1) is 45.8. The summed E-state index contributed by atoms with van der Waals surface area (Å²) in [6.45, 7) is 4.66. The molecule has 0 saturated carbocycles. The lowest BCUT2D eigenvalue weighted by Gasteiger charge is -2.13. The maximum Gasteiger partial charge on any atom is 0.327 e. The van der Waals surface area contributed by atoms with Gasteiger partial charge in [0.15, 0.2) is 5.25 Å². The summed E-state index contributed by atoms with van der Waals surface area (Å²) in [5.74, 6) is -1.93. The maximum absolute atomic E-state index is 12.3. The van der Waals surface area contributed by atoms with E-state index in [0.717, 1.165) is 89.9 Å². The van der Waals surface area contributed by atoms with Gasteiger partial charge in [0.05, 0.1) is 19.6 Å². The minimum absolute atomic E-state index is 0.0570. The molecule has 0 aliphatic heterocycles. The van der Waals surface area contributed by atoms with E-state index in [-0.39, 0.29) is 13.2 Å². The number of unbranched alkanes of at least 4 members (excludes halogenated alkanes) is 18. The van der Waals surface area contributed by atoms with Crippen molar-refractivity contribution in [2.45, 2.75) is 180 Å². The SMILES string of the molecule is CCCCC/C=C\C/C=C\CCCCCCCCOC(=O)CC(C(=O)OCCCCCCCC/C=C\C/C=C\CCCCC)S(=O)(=O)O. The van der Waals surface area contributed by atoms with Crippen LogP contribution in [0.25, 0.3) is 0 Å². The molecule has 48 heavy (non-hydrogen) atoms. The Kier molecular flexibility index (Phi) is 33.1. The molecule has 0 aromatic carbocycles. The van der Waals surface area contributed by atoms with Crippen molar-refractivity contribution in [2.75, 3.05) is 13.2 Å². The molecule has 0 saturated heterocycles. The fraction of sp³-hybridized carbons (Fsp3) is 0.750. The number of ether oxygens (including phenoxy) is 2. The van der Waals surface area contributed by atoms with E-state index in [9.17, 15) is 22.6 Å². The first-order valence-electron chi connectivity index (χ1n) is 19.2. The molecule has 0 rings (SSSR count). The van der Waals surface area contributed by atoms with Crippen molar-refractivity contribution >= 4 is 22.1 Å². The Balaban J connectivity index is 3.86. The predicted octanol–water partition coefficient (Wildman–Crippen LogP) is 11.3. The Bertz CT molecular complexity index is 982. The summed E-state index contributed by atoms with van der Waals surface area (Å²) in [6, 6.07) is 0. The van der Waals surface area contributed by atoms with Crippen LogP contribution in [0, 0.1) is 0 Å². The van der Waals surface area contributed by atoms with Crippen molar-refractivity contribution in [3.8, 4) is 0 Å². The monoisotopic (exact) mass is 694 g/mol. The third-order valence-electron chi connectivity index (χ3n) is 8.17. The highest BCUT2D eigenvalue weighted by atomic mass is 32.2. The average Bonchev–Trinajstić information content (AvgIpc) is 3.05. The van der Waals surface area contributed by atoms with Gasteiger partial charge in [0.1, 0.15) is 0 Å². The number of allylic oxidation sites excluding steroid dienone is 8. The summed E-state index contributed by atoms with van der Waals surface area (Å²) < 4.78 is 43.2. The normalized spacial score (nSPS) is 13.0. The van der Waals surface area contributed by atoms with Gasteiger partial charge in [0.25, 0.3) is 10.1 Å². The van der Waals surface area contributed by atoms with E-state index in [1.54, 1.807) is 0 Å². The number of esters is 2. The summed E-state index contributed by atoms with van der Waals surface area (Å²) in [5, 5.41) is -1.95. The molecule has 0 spiro atoms. The van der Waals surface area contributed by atoms with Crippen LogP contribution in [0.2, 0.25) is 0 Å². The van der Waals surface area contributed by atoms with Crippen LogP contribution in [0.4, 0.5) is 0 Å². The number of carbonyl (C=O) groups excluding carboxylic acids is 2. The Morgan fingerprint density at radius 2 is 0.875 bits per heavy atom. The Labute approximate surface area is 294 Å². The van der Waals surface area contributed by atoms with Crippen LogP contribution < -0.4 is 0 Å². The first-order valence-corrected chi connectivity index (χ1v) is 20.7. The summed E-state index contributed by atoms with van der Waals surface area (Å²) in [6.07, 6.45) is 43.4. The number of hydrogen-bond acceptors (Lipinski definition) is 6. The fourth-order valence-corrected chi connectivity index (χ4v) is 5.81. The van der Waals surface area contributed by atoms with Gasteiger partial charge in [-0.1, -0.05) is 140 Å². The molecule has 0 aromatic heterocycles. The topological polar surface area (TPSA) is 107 Å². The lowest BCUT2D eigenvalue weighted by molar-refractivity contribution is -0.150. The summed E-state index contributed by atoms with van der Waals surface area (Å²) in [5.41, 5.74) is 0. The second-order valence-corrected chi connectivity index (χ2v) is 14.4. The summed E-state index contributed by atoms with van der Waals surface area (Å²) in [7, 11) is -4.79. The quantitative estimate of drug-likeness (QED) is 0.0309. The molecule has 8 heteroatoms. The lowest BCUT2D eigenvalue weighted by atomic mass is 10.1. The van der Waals surface area contributed by atoms with Crippen LogP contribution in [0.5, 0.6) is 0 Å². The molecule has 0 aromatic rings. The van der Waals surface area contributed by atoms with Gasteiger partial charge >= 0.3 is 11.9 Å². The third-order valence-corrected chi connectivity index (χ3v) is 9.25. The van der Waals surface area contributed by atoms with Gasteiger partial charge < -0.3 is 9.47 Å². The minimum Gasteiger partial charge on any atom is -0.466 e. The maximum atomic E-state index is 12.3. The molecule has 1 atom stereocenters. The zero-order chi connectivity index (χ0) is 35.4. The highest BCUT2D eigenvalue weighted by molar-refractivity contribution is 7.87. The lowest BCUT2D eigenvalue weighted by Crippen LogP contribution is -2.34. The Morgan fingerprint density at radius 3 is 1.27 bits per heavy atom. The molecule has 0 radical (unpaired) electrons. The van der Waals surface area contributed by atoms with Gasteiger partial charge in [-0.25, -0.2) is 0 Å². The molecule has 0 heterocycles. The number of hydrogen-bond donors (Lipinski definition) is 1. The number of rotatable bonds is 34. The van der Waals surface area contributed by atoms with E-state index >= 15 is 0 Å². The Morgan fingerprint density at radius 1 is 0.521 bits per heavy atom. The van der Waals surface area contributed by atoms with E-state index in [4.69, 9.17) is 9.47 Å². The van der Waals surface area contributed by atoms with Crippen LogP contribution >= 0.6 is 0 Å². The van der Waals surface area contributed by atoms with Crippen LogP contribution in [0.3, 0.4) is 0 Å². The van der Waals surface area contributed by atoms with Crippen molar-refractivity contribution in [1.82, 2.24) is 0 Å². The van der Waals surface area contributed by atoms with Crippen LogP contribution in [0.1, 0.15) is 174 Å². The Hall–Kier alpha value is -2.19. The summed E-state index contributed by atoms with van der Waals surface area (Å²) in [4.78, 5) is 24.5. The zero-order valence-electron chi connectivity index (χ0n) is 30.6. The third kappa shape index (κ3) is 32.4. The largest absolute Gasteiger partial charge is 0.466 e. The minimum atomic E-state index is -4.79. The van der Waals surface area contributed by atoms with E-state index in [2.05, 4.69) is 62.5 Å². The molecule has 278 valence electrons. The van der Waals surface area contributed by atoms with Gasteiger partial charge in [0.2, 0.25) is 0 Å².